The van der Waals surface area contributed by atoms with Crippen LogP contribution < -0.4 is 10.6 Å². The molecule has 3 rings (SSSR count). The van der Waals surface area contributed by atoms with Crippen molar-refractivity contribution in [3.63, 3.8) is 0 Å². The van der Waals surface area contributed by atoms with Gasteiger partial charge in [-0.15, -0.1) is 0 Å². The van der Waals surface area contributed by atoms with E-state index in [1.807, 2.05) is 13.2 Å². The molecule has 0 aliphatic rings. The zero-order valence-electron chi connectivity index (χ0n) is 18.1. The van der Waals surface area contributed by atoms with Crippen molar-refractivity contribution in [3.05, 3.63) is 45.6 Å². The monoisotopic (exact) mass is 459 g/mol. The first-order valence-electron chi connectivity index (χ1n) is 10.1. The fourth-order valence-corrected chi connectivity index (χ4v) is 3.51. The first kappa shape index (κ1) is 23.4. The molecule has 0 spiro atoms. The predicted octanol–water partition coefficient (Wildman–Crippen LogP) is 2.64. The molecule has 3 aromatic rings. The Morgan fingerprint density at radius 3 is 2.84 bits per heavy atom. The highest BCUT2D eigenvalue weighted by molar-refractivity contribution is 7.98. The van der Waals surface area contributed by atoms with E-state index < -0.39 is 4.92 Å². The minimum atomic E-state index is -0.495. The molecule has 0 unspecified atom stereocenters. The third kappa shape index (κ3) is 5.32. The molecule has 12 heteroatoms. The Labute approximate surface area is 189 Å². The molecule has 2 heterocycles. The van der Waals surface area contributed by atoms with Crippen molar-refractivity contribution in [2.45, 2.75) is 25.5 Å². The van der Waals surface area contributed by atoms with E-state index in [1.165, 1.54) is 23.9 Å². The molecule has 0 bridgehead atoms. The number of ether oxygens (including phenoxy) is 1. The number of benzene rings is 1. The van der Waals surface area contributed by atoms with Crippen molar-refractivity contribution < 1.29 is 14.5 Å². The maximum atomic E-state index is 12.5. The summed E-state index contributed by atoms with van der Waals surface area (Å²) in [5.74, 6) is 0.307. The molecule has 0 saturated carbocycles. The van der Waals surface area contributed by atoms with Crippen LogP contribution in [0.3, 0.4) is 0 Å². The van der Waals surface area contributed by atoms with E-state index in [0.29, 0.717) is 48.5 Å². The van der Waals surface area contributed by atoms with Crippen LogP contribution in [0.15, 0.2) is 29.6 Å². The molecule has 0 atom stereocenters. The van der Waals surface area contributed by atoms with Crippen LogP contribution in [0.1, 0.15) is 22.8 Å². The van der Waals surface area contributed by atoms with E-state index in [9.17, 15) is 14.9 Å². The first-order chi connectivity index (χ1) is 15.5. The number of aromatic nitrogens is 4. The highest BCUT2D eigenvalue weighted by Gasteiger charge is 2.18. The number of carbonyl (C=O) groups is 1. The average Bonchev–Trinajstić information content (AvgIpc) is 3.19. The average molecular weight is 460 g/mol. The van der Waals surface area contributed by atoms with Gasteiger partial charge in [-0.2, -0.15) is 5.10 Å². The van der Waals surface area contributed by atoms with E-state index in [1.54, 1.807) is 23.9 Å². The molecule has 0 aliphatic carbocycles. The van der Waals surface area contributed by atoms with Crippen LogP contribution in [-0.2, 0) is 11.3 Å². The second kappa shape index (κ2) is 10.9. The largest absolute Gasteiger partial charge is 0.380 e. The number of hydrogen-bond donors (Lipinski definition) is 2. The Hall–Kier alpha value is -3.25. The molecular weight excluding hydrogens is 434 g/mol. The summed E-state index contributed by atoms with van der Waals surface area (Å²) in [6.07, 6.45) is 3.59. The normalized spacial score (nSPS) is 11.0. The van der Waals surface area contributed by atoms with Gasteiger partial charge in [-0.3, -0.25) is 14.9 Å². The molecule has 170 valence electrons. The van der Waals surface area contributed by atoms with Gasteiger partial charge in [-0.05, 0) is 26.2 Å². The summed E-state index contributed by atoms with van der Waals surface area (Å²) in [4.78, 5) is 32.2. The van der Waals surface area contributed by atoms with Gasteiger partial charge in [0, 0.05) is 36.9 Å². The Bertz CT molecular complexity index is 1120. The highest BCUT2D eigenvalue weighted by atomic mass is 32.2. The topological polar surface area (TPSA) is 137 Å². The number of hydrogen-bond acceptors (Lipinski definition) is 9. The number of amides is 1. The number of rotatable bonds is 11. The van der Waals surface area contributed by atoms with Gasteiger partial charge in [0.1, 0.15) is 5.82 Å². The van der Waals surface area contributed by atoms with Crippen molar-refractivity contribution in [1.29, 1.82) is 0 Å². The molecule has 1 aromatic carbocycles. The van der Waals surface area contributed by atoms with Gasteiger partial charge >= 0.3 is 0 Å². The molecule has 0 saturated heterocycles. The van der Waals surface area contributed by atoms with Crippen LogP contribution >= 0.6 is 11.8 Å². The summed E-state index contributed by atoms with van der Waals surface area (Å²) in [6, 6.07) is 4.45. The fraction of sp³-hybridized carbons (Fsp3) is 0.400. The molecule has 32 heavy (non-hydrogen) atoms. The summed E-state index contributed by atoms with van der Waals surface area (Å²) >= 11 is 1.43. The molecule has 1 amide bonds. The zero-order chi connectivity index (χ0) is 23.1. The van der Waals surface area contributed by atoms with Crippen LogP contribution in [0.5, 0.6) is 0 Å². The minimum Gasteiger partial charge on any atom is -0.380 e. The van der Waals surface area contributed by atoms with Crippen LogP contribution in [0.4, 0.5) is 11.5 Å². The molecule has 0 radical (unpaired) electrons. The van der Waals surface area contributed by atoms with E-state index in [4.69, 9.17) is 4.74 Å². The van der Waals surface area contributed by atoms with Gasteiger partial charge in [0.15, 0.2) is 10.8 Å². The summed E-state index contributed by atoms with van der Waals surface area (Å²) in [6.45, 7) is 5.99. The predicted molar refractivity (Wildman–Crippen MR) is 122 cm³/mol. The Kier molecular flexibility index (Phi) is 7.95. The van der Waals surface area contributed by atoms with Gasteiger partial charge in [0.05, 0.1) is 29.7 Å². The van der Waals surface area contributed by atoms with Gasteiger partial charge in [0.2, 0.25) is 0 Å². The lowest BCUT2D eigenvalue weighted by molar-refractivity contribution is -0.385. The number of nitrogens with one attached hydrogen (secondary N) is 2. The van der Waals surface area contributed by atoms with Crippen molar-refractivity contribution in [1.82, 2.24) is 25.1 Å². The van der Waals surface area contributed by atoms with Gasteiger partial charge < -0.3 is 15.4 Å². The molecule has 2 N–H and O–H groups in total. The minimum absolute atomic E-state index is 0.0821. The van der Waals surface area contributed by atoms with Crippen molar-refractivity contribution in [2.24, 2.45) is 0 Å². The molecule has 11 nitrogen and oxygen atoms in total. The number of anilines is 1. The SMILES string of the molecule is CCOCCNc1nc(SC)nc2c1cnn2CCNC(=O)c1cccc([N+](=O)[O-])c1C. The second-order valence-corrected chi connectivity index (χ2v) is 7.52. The lowest BCUT2D eigenvalue weighted by Gasteiger charge is -2.10. The lowest BCUT2D eigenvalue weighted by Crippen LogP contribution is -2.28. The van der Waals surface area contributed by atoms with Crippen LogP contribution in [-0.4, -0.2) is 63.1 Å². The highest BCUT2D eigenvalue weighted by Crippen LogP contribution is 2.23. The van der Waals surface area contributed by atoms with Crippen molar-refractivity contribution in [2.75, 3.05) is 37.9 Å². The van der Waals surface area contributed by atoms with Crippen LogP contribution in [0.2, 0.25) is 0 Å². The number of nitro groups is 1. The fourth-order valence-electron chi connectivity index (χ4n) is 3.15. The van der Waals surface area contributed by atoms with E-state index in [2.05, 4.69) is 25.7 Å². The van der Waals surface area contributed by atoms with Crippen molar-refractivity contribution in [3.8, 4) is 0 Å². The summed E-state index contributed by atoms with van der Waals surface area (Å²) in [7, 11) is 0. The number of carbonyl (C=O) groups excluding carboxylic acids is 1. The van der Waals surface area contributed by atoms with Crippen LogP contribution in [0, 0.1) is 17.0 Å². The standard InChI is InChI=1S/C20H25N7O4S/c1-4-31-11-9-21-17-15-12-23-26(18(15)25-20(24-17)32-3)10-8-22-19(28)14-6-5-7-16(13(14)2)27(29)30/h5-7,12H,4,8-11H2,1-3H3,(H,22,28)(H,21,24,25). The maximum Gasteiger partial charge on any atom is 0.273 e. The second-order valence-electron chi connectivity index (χ2n) is 6.75. The number of thioether (sulfide) groups is 1. The number of fused-ring (bicyclic) bond motifs is 1. The summed E-state index contributed by atoms with van der Waals surface area (Å²) in [5, 5.41) is 22.9. The number of nitrogens with zero attached hydrogens (tertiary/aromatic N) is 5. The van der Waals surface area contributed by atoms with Crippen molar-refractivity contribution >= 4 is 40.2 Å². The first-order valence-corrected chi connectivity index (χ1v) is 11.3. The lowest BCUT2D eigenvalue weighted by atomic mass is 10.1. The van der Waals surface area contributed by atoms with E-state index in [-0.39, 0.29) is 23.7 Å². The van der Waals surface area contributed by atoms with Gasteiger partial charge in [0.25, 0.3) is 11.6 Å². The summed E-state index contributed by atoms with van der Waals surface area (Å²) < 4.78 is 7.06. The Morgan fingerprint density at radius 1 is 1.31 bits per heavy atom. The third-order valence-corrected chi connectivity index (χ3v) is 5.30. The third-order valence-electron chi connectivity index (χ3n) is 4.76. The number of nitro benzene ring substituents is 1. The Balaban J connectivity index is 1.71. The van der Waals surface area contributed by atoms with E-state index >= 15 is 0 Å². The zero-order valence-corrected chi connectivity index (χ0v) is 18.9. The van der Waals surface area contributed by atoms with Gasteiger partial charge in [-0.1, -0.05) is 17.8 Å². The quantitative estimate of drug-likeness (QED) is 0.146. The molecule has 2 aromatic heterocycles. The maximum absolute atomic E-state index is 12.5. The van der Waals surface area contributed by atoms with Crippen LogP contribution in [0.25, 0.3) is 11.0 Å². The molecule has 0 fully saturated rings. The Morgan fingerprint density at radius 2 is 2.12 bits per heavy atom. The van der Waals surface area contributed by atoms with E-state index in [0.717, 1.165) is 5.39 Å². The molecule has 0 aliphatic heterocycles. The summed E-state index contributed by atoms with van der Waals surface area (Å²) in [5.41, 5.74) is 1.18. The smallest absolute Gasteiger partial charge is 0.273 e. The van der Waals surface area contributed by atoms with Gasteiger partial charge in [-0.25, -0.2) is 14.6 Å². The molecular formula is C20H25N7O4S.